The molecule has 1 aromatic carbocycles. The lowest BCUT2D eigenvalue weighted by Gasteiger charge is -2.27. The van der Waals surface area contributed by atoms with Gasteiger partial charge in [0.05, 0.1) is 0 Å². The molecule has 0 fully saturated rings. The average Bonchev–Trinajstić information content (AvgIpc) is 2.34. The average molecular weight is 292 g/mol. The number of Topliss-reactive ketones (excluding diaryl/α,β-unsaturated/α-hetero) is 1. The van der Waals surface area contributed by atoms with E-state index < -0.39 is 23.5 Å². The van der Waals surface area contributed by atoms with E-state index in [1.165, 1.54) is 13.0 Å². The minimum Gasteiger partial charge on any atom is -0.480 e. The highest BCUT2D eigenvalue weighted by molar-refractivity contribution is 5.97. The first-order chi connectivity index (χ1) is 9.61. The van der Waals surface area contributed by atoms with Crippen LogP contribution in [-0.4, -0.2) is 28.9 Å². The van der Waals surface area contributed by atoms with Crippen molar-refractivity contribution in [2.45, 2.75) is 33.7 Å². The van der Waals surface area contributed by atoms with Gasteiger partial charge in [-0.25, -0.2) is 9.59 Å². The first-order valence-electron chi connectivity index (χ1n) is 6.52. The summed E-state index contributed by atoms with van der Waals surface area (Å²) in [4.78, 5) is 34.4. The van der Waals surface area contributed by atoms with Gasteiger partial charge in [0.2, 0.25) is 0 Å². The molecule has 0 aliphatic carbocycles. The summed E-state index contributed by atoms with van der Waals surface area (Å²) < 4.78 is 0. The van der Waals surface area contributed by atoms with E-state index in [2.05, 4.69) is 10.6 Å². The fraction of sp³-hybridized carbons (Fsp3) is 0.400. The summed E-state index contributed by atoms with van der Waals surface area (Å²) in [5.74, 6) is -1.22. The number of hydrogen-bond acceptors (Lipinski definition) is 3. The van der Waals surface area contributed by atoms with Gasteiger partial charge in [-0.05, 0) is 24.5 Å². The van der Waals surface area contributed by atoms with Crippen LogP contribution in [0.5, 0.6) is 0 Å². The largest absolute Gasteiger partial charge is 0.480 e. The third kappa shape index (κ3) is 4.91. The van der Waals surface area contributed by atoms with E-state index in [0.29, 0.717) is 11.3 Å². The second-order valence-electron chi connectivity index (χ2n) is 5.87. The number of benzene rings is 1. The summed E-state index contributed by atoms with van der Waals surface area (Å²) in [7, 11) is 0. The predicted molar refractivity (Wildman–Crippen MR) is 79.5 cm³/mol. The summed E-state index contributed by atoms with van der Waals surface area (Å²) in [5.41, 5.74) is 0.279. The van der Waals surface area contributed by atoms with Crippen molar-refractivity contribution in [2.24, 2.45) is 5.41 Å². The van der Waals surface area contributed by atoms with Crippen molar-refractivity contribution < 1.29 is 19.5 Å². The smallest absolute Gasteiger partial charge is 0.326 e. The molecule has 21 heavy (non-hydrogen) atoms. The van der Waals surface area contributed by atoms with Gasteiger partial charge in [0.1, 0.15) is 6.04 Å². The lowest BCUT2D eigenvalue weighted by atomic mass is 9.87. The van der Waals surface area contributed by atoms with Crippen LogP contribution in [0.4, 0.5) is 10.5 Å². The van der Waals surface area contributed by atoms with E-state index in [0.717, 1.165) is 0 Å². The quantitative estimate of drug-likeness (QED) is 0.743. The van der Waals surface area contributed by atoms with Gasteiger partial charge < -0.3 is 15.7 Å². The van der Waals surface area contributed by atoms with Crippen LogP contribution in [0.1, 0.15) is 38.1 Å². The summed E-state index contributed by atoms with van der Waals surface area (Å²) in [5, 5.41) is 14.1. The van der Waals surface area contributed by atoms with Crippen molar-refractivity contribution in [1.82, 2.24) is 5.32 Å². The fourth-order valence-corrected chi connectivity index (χ4v) is 1.76. The van der Waals surface area contributed by atoms with Gasteiger partial charge in [-0.15, -0.1) is 0 Å². The zero-order valence-electron chi connectivity index (χ0n) is 12.6. The minimum absolute atomic E-state index is 0.114. The highest BCUT2D eigenvalue weighted by Crippen LogP contribution is 2.19. The van der Waals surface area contributed by atoms with E-state index in [1.807, 2.05) is 0 Å². The second-order valence-corrected chi connectivity index (χ2v) is 5.87. The number of carbonyl (C=O) groups is 3. The van der Waals surface area contributed by atoms with Crippen LogP contribution < -0.4 is 10.6 Å². The van der Waals surface area contributed by atoms with Crippen molar-refractivity contribution in [3.05, 3.63) is 29.8 Å². The number of hydrogen-bond donors (Lipinski definition) is 3. The van der Waals surface area contributed by atoms with Crippen LogP contribution in [0.15, 0.2) is 24.3 Å². The van der Waals surface area contributed by atoms with E-state index in [9.17, 15) is 14.4 Å². The Morgan fingerprint density at radius 1 is 1.19 bits per heavy atom. The van der Waals surface area contributed by atoms with Crippen LogP contribution in [0.3, 0.4) is 0 Å². The molecule has 0 bridgehead atoms. The van der Waals surface area contributed by atoms with Crippen molar-refractivity contribution in [3.8, 4) is 0 Å². The van der Waals surface area contributed by atoms with Crippen LogP contribution in [0.2, 0.25) is 0 Å². The summed E-state index contributed by atoms with van der Waals surface area (Å²) in [6.45, 7) is 6.60. The molecule has 0 heterocycles. The van der Waals surface area contributed by atoms with Crippen LogP contribution in [0, 0.1) is 5.41 Å². The Labute approximate surface area is 123 Å². The Hall–Kier alpha value is -2.37. The molecule has 0 aliphatic rings. The lowest BCUT2D eigenvalue weighted by molar-refractivity contribution is -0.141. The maximum Gasteiger partial charge on any atom is 0.326 e. The molecule has 1 rings (SSSR count). The van der Waals surface area contributed by atoms with E-state index in [1.54, 1.807) is 39.0 Å². The lowest BCUT2D eigenvalue weighted by Crippen LogP contribution is -2.50. The molecule has 1 atom stereocenters. The predicted octanol–water partition coefficient (Wildman–Crippen LogP) is 2.51. The standard InChI is InChI=1S/C15H20N2O4/c1-9(18)10-6-5-7-11(8-10)16-14(21)17-12(13(19)20)15(2,3)4/h5-8,12H,1-4H3,(H,19,20)(H2,16,17,21). The molecule has 6 heteroatoms. The number of carboxylic acids is 1. The second kappa shape index (κ2) is 6.39. The topological polar surface area (TPSA) is 95.5 Å². The Morgan fingerprint density at radius 3 is 2.29 bits per heavy atom. The van der Waals surface area contributed by atoms with Crippen LogP contribution in [0.25, 0.3) is 0 Å². The fourth-order valence-electron chi connectivity index (χ4n) is 1.76. The maximum absolute atomic E-state index is 11.9. The third-order valence-corrected chi connectivity index (χ3v) is 2.92. The number of carboxylic acid groups (broad SMARTS) is 1. The highest BCUT2D eigenvalue weighted by atomic mass is 16.4. The van der Waals surface area contributed by atoms with Gasteiger partial charge in [0.25, 0.3) is 0 Å². The zero-order valence-corrected chi connectivity index (χ0v) is 12.6. The van der Waals surface area contributed by atoms with Gasteiger partial charge in [0.15, 0.2) is 5.78 Å². The van der Waals surface area contributed by atoms with E-state index >= 15 is 0 Å². The van der Waals surface area contributed by atoms with Crippen molar-refractivity contribution >= 4 is 23.5 Å². The Balaban J connectivity index is 2.79. The van der Waals surface area contributed by atoms with Crippen LogP contribution in [-0.2, 0) is 4.79 Å². The molecule has 0 aliphatic heterocycles. The number of aliphatic carboxylic acids is 1. The summed E-state index contributed by atoms with van der Waals surface area (Å²) in [6, 6.07) is 4.80. The number of ketones is 1. The Morgan fingerprint density at radius 2 is 1.81 bits per heavy atom. The molecule has 0 radical (unpaired) electrons. The number of urea groups is 1. The maximum atomic E-state index is 11.9. The normalized spacial score (nSPS) is 12.4. The molecule has 0 spiro atoms. The van der Waals surface area contributed by atoms with Gasteiger partial charge in [0, 0.05) is 11.3 Å². The molecule has 6 nitrogen and oxygen atoms in total. The molecule has 0 saturated carbocycles. The molecule has 3 N–H and O–H groups in total. The van der Waals surface area contributed by atoms with Gasteiger partial charge in [-0.3, -0.25) is 4.79 Å². The molecular formula is C15H20N2O4. The third-order valence-electron chi connectivity index (χ3n) is 2.92. The van der Waals surface area contributed by atoms with Crippen molar-refractivity contribution in [1.29, 1.82) is 0 Å². The van der Waals surface area contributed by atoms with Crippen LogP contribution >= 0.6 is 0 Å². The van der Waals surface area contributed by atoms with Crippen molar-refractivity contribution in [2.75, 3.05) is 5.32 Å². The summed E-state index contributed by atoms with van der Waals surface area (Å²) in [6.07, 6.45) is 0. The summed E-state index contributed by atoms with van der Waals surface area (Å²) >= 11 is 0. The molecule has 0 saturated heterocycles. The zero-order chi connectivity index (χ0) is 16.2. The Bertz CT molecular complexity index is 561. The molecular weight excluding hydrogens is 272 g/mol. The first-order valence-corrected chi connectivity index (χ1v) is 6.52. The monoisotopic (exact) mass is 292 g/mol. The SMILES string of the molecule is CC(=O)c1cccc(NC(=O)NC(C(=O)O)C(C)(C)C)c1. The van der Waals surface area contributed by atoms with Gasteiger partial charge >= 0.3 is 12.0 Å². The highest BCUT2D eigenvalue weighted by Gasteiger charge is 2.32. The number of amides is 2. The van der Waals surface area contributed by atoms with E-state index in [-0.39, 0.29) is 5.78 Å². The van der Waals surface area contributed by atoms with E-state index in [4.69, 9.17) is 5.11 Å². The number of carbonyl (C=O) groups excluding carboxylic acids is 2. The number of nitrogens with one attached hydrogen (secondary N) is 2. The number of rotatable bonds is 4. The van der Waals surface area contributed by atoms with Gasteiger partial charge in [-0.2, -0.15) is 0 Å². The molecule has 0 aromatic heterocycles. The molecule has 1 unspecified atom stereocenters. The Kier molecular flexibility index (Phi) is 5.07. The molecule has 2 amide bonds. The first kappa shape index (κ1) is 16.7. The minimum atomic E-state index is -1.10. The molecule has 1 aromatic rings. The number of anilines is 1. The van der Waals surface area contributed by atoms with Gasteiger partial charge in [-0.1, -0.05) is 32.9 Å². The molecule has 114 valence electrons. The van der Waals surface area contributed by atoms with Crippen molar-refractivity contribution in [3.63, 3.8) is 0 Å².